The average Bonchev–Trinajstić information content (AvgIpc) is 2.79. The number of carbonyl (C=O) groups is 1. The number of hydrogen-bond acceptors (Lipinski definition) is 4. The van der Waals surface area contributed by atoms with E-state index in [2.05, 4.69) is 0 Å². The van der Waals surface area contributed by atoms with Crippen LogP contribution in [-0.4, -0.2) is 47.3 Å². The molecule has 1 atom stereocenters. The fraction of sp³-hybridized carbons (Fsp3) is 0.500. The molecule has 2 heterocycles. The molecule has 1 N–H and O–H groups in total. The number of morpholine rings is 1. The quantitative estimate of drug-likeness (QED) is 0.872. The monoisotopic (exact) mass is 315 g/mol. The molecule has 1 aromatic heterocycles. The molecule has 0 aromatic carbocycles. The summed E-state index contributed by atoms with van der Waals surface area (Å²) >= 11 is 7.27. The summed E-state index contributed by atoms with van der Waals surface area (Å²) in [6.07, 6.45) is 2.97. The third-order valence-corrected chi connectivity index (χ3v) is 4.18. The third-order valence-electron chi connectivity index (χ3n) is 2.98. The Balaban J connectivity index is 2.02. The lowest BCUT2D eigenvalue weighted by Crippen LogP contribution is -2.55. The molecule has 1 aliphatic heterocycles. The number of nitrogens with zero attached hydrogens (tertiary/aromatic N) is 1. The van der Waals surface area contributed by atoms with Crippen molar-refractivity contribution >= 4 is 34.9 Å². The minimum Gasteiger partial charge on any atom is -0.394 e. The minimum absolute atomic E-state index is 0.0793. The first-order valence-electron chi connectivity index (χ1n) is 6.40. The van der Waals surface area contributed by atoms with Crippen LogP contribution >= 0.6 is 22.9 Å². The Hall–Kier alpha value is -0.880. The van der Waals surface area contributed by atoms with Crippen molar-refractivity contribution in [3.8, 4) is 0 Å². The van der Waals surface area contributed by atoms with E-state index in [1.807, 2.05) is 19.9 Å². The molecule has 110 valence electrons. The van der Waals surface area contributed by atoms with Crippen molar-refractivity contribution in [3.63, 3.8) is 0 Å². The molecule has 1 aromatic rings. The molecule has 20 heavy (non-hydrogen) atoms. The Kier molecular flexibility index (Phi) is 4.86. The summed E-state index contributed by atoms with van der Waals surface area (Å²) in [5.74, 6) is -0.0793. The van der Waals surface area contributed by atoms with Crippen LogP contribution in [0.5, 0.6) is 0 Å². The van der Waals surface area contributed by atoms with E-state index in [9.17, 15) is 9.90 Å². The van der Waals surface area contributed by atoms with Gasteiger partial charge in [-0.05, 0) is 32.1 Å². The molecular weight excluding hydrogens is 298 g/mol. The second-order valence-electron chi connectivity index (χ2n) is 5.38. The summed E-state index contributed by atoms with van der Waals surface area (Å²) in [5.41, 5.74) is -0.443. The lowest BCUT2D eigenvalue weighted by molar-refractivity contribution is -0.163. The molecular formula is C14H18ClNO3S. The van der Waals surface area contributed by atoms with Gasteiger partial charge in [-0.15, -0.1) is 11.3 Å². The van der Waals surface area contributed by atoms with Crippen LogP contribution in [-0.2, 0) is 9.53 Å². The van der Waals surface area contributed by atoms with Crippen LogP contribution in [0, 0.1) is 0 Å². The van der Waals surface area contributed by atoms with Crippen LogP contribution in [0.25, 0.3) is 6.08 Å². The standard InChI is InChI=1S/C14H18ClNO3S/c1-14(2)9-16(7-10(8-17)19-14)13(18)6-4-11-3-5-12(15)20-11/h3-6,10,17H,7-9H2,1-2H3/b6-4+. The molecule has 2 rings (SSSR count). The van der Waals surface area contributed by atoms with E-state index in [4.69, 9.17) is 16.3 Å². The Morgan fingerprint density at radius 2 is 2.40 bits per heavy atom. The molecule has 1 amide bonds. The van der Waals surface area contributed by atoms with Crippen molar-refractivity contribution in [2.45, 2.75) is 25.6 Å². The molecule has 4 nitrogen and oxygen atoms in total. The maximum atomic E-state index is 12.2. The van der Waals surface area contributed by atoms with Gasteiger partial charge in [0.15, 0.2) is 0 Å². The Morgan fingerprint density at radius 3 is 3.00 bits per heavy atom. The lowest BCUT2D eigenvalue weighted by atomic mass is 10.1. The van der Waals surface area contributed by atoms with Crippen molar-refractivity contribution in [2.75, 3.05) is 19.7 Å². The fourth-order valence-corrected chi connectivity index (χ4v) is 3.20. The number of halogens is 1. The van der Waals surface area contributed by atoms with Gasteiger partial charge in [0.05, 0.1) is 22.6 Å². The number of amides is 1. The molecule has 0 radical (unpaired) electrons. The molecule has 1 fully saturated rings. The zero-order valence-corrected chi connectivity index (χ0v) is 13.1. The van der Waals surface area contributed by atoms with Gasteiger partial charge in [0.2, 0.25) is 5.91 Å². The second kappa shape index (κ2) is 6.26. The van der Waals surface area contributed by atoms with Crippen molar-refractivity contribution in [1.82, 2.24) is 4.90 Å². The van der Waals surface area contributed by atoms with Crippen LogP contribution in [0.3, 0.4) is 0 Å². The first-order valence-corrected chi connectivity index (χ1v) is 7.60. The largest absolute Gasteiger partial charge is 0.394 e. The molecule has 6 heteroatoms. The second-order valence-corrected chi connectivity index (χ2v) is 7.12. The van der Waals surface area contributed by atoms with Gasteiger partial charge in [-0.3, -0.25) is 4.79 Å². The van der Waals surface area contributed by atoms with E-state index in [1.54, 1.807) is 17.0 Å². The summed E-state index contributed by atoms with van der Waals surface area (Å²) < 4.78 is 6.39. The van der Waals surface area contributed by atoms with Crippen LogP contribution in [0.4, 0.5) is 0 Å². The SMILES string of the molecule is CC1(C)CN(C(=O)/C=C/c2ccc(Cl)s2)CC(CO)O1. The minimum atomic E-state index is -0.443. The zero-order chi connectivity index (χ0) is 14.8. The topological polar surface area (TPSA) is 49.8 Å². The molecule has 0 spiro atoms. The van der Waals surface area contributed by atoms with E-state index < -0.39 is 5.60 Å². The van der Waals surface area contributed by atoms with Crippen LogP contribution < -0.4 is 0 Å². The predicted octanol–water partition coefficient (Wildman–Crippen LogP) is 2.41. The maximum Gasteiger partial charge on any atom is 0.246 e. The lowest BCUT2D eigenvalue weighted by Gasteiger charge is -2.41. The molecule has 1 aliphatic rings. The van der Waals surface area contributed by atoms with Crippen molar-refractivity contribution < 1.29 is 14.6 Å². The van der Waals surface area contributed by atoms with Crippen molar-refractivity contribution in [1.29, 1.82) is 0 Å². The summed E-state index contributed by atoms with van der Waals surface area (Å²) in [7, 11) is 0. The van der Waals surface area contributed by atoms with Gasteiger partial charge in [0, 0.05) is 24.0 Å². The Bertz CT molecular complexity index is 512. The first-order chi connectivity index (χ1) is 9.39. The summed E-state index contributed by atoms with van der Waals surface area (Å²) in [4.78, 5) is 14.8. The highest BCUT2D eigenvalue weighted by molar-refractivity contribution is 7.17. The number of rotatable bonds is 3. The third kappa shape index (κ3) is 4.06. The van der Waals surface area contributed by atoms with Crippen molar-refractivity contribution in [3.05, 3.63) is 27.4 Å². The number of aliphatic hydroxyl groups excluding tert-OH is 1. The van der Waals surface area contributed by atoms with Gasteiger partial charge in [-0.2, -0.15) is 0 Å². The smallest absolute Gasteiger partial charge is 0.246 e. The predicted molar refractivity (Wildman–Crippen MR) is 81.0 cm³/mol. The zero-order valence-electron chi connectivity index (χ0n) is 11.5. The van der Waals surface area contributed by atoms with Gasteiger partial charge < -0.3 is 14.7 Å². The summed E-state index contributed by atoms with van der Waals surface area (Å²) in [5, 5.41) is 9.24. The van der Waals surface area contributed by atoms with E-state index in [0.717, 1.165) is 4.88 Å². The normalized spacial score (nSPS) is 22.4. The highest BCUT2D eigenvalue weighted by Gasteiger charge is 2.34. The van der Waals surface area contributed by atoms with Crippen LogP contribution in [0.2, 0.25) is 4.34 Å². The van der Waals surface area contributed by atoms with E-state index in [-0.39, 0.29) is 18.6 Å². The molecule has 0 bridgehead atoms. The van der Waals surface area contributed by atoms with Crippen LogP contribution in [0.1, 0.15) is 18.7 Å². The number of aliphatic hydroxyl groups is 1. The maximum absolute atomic E-state index is 12.2. The molecule has 0 saturated carbocycles. The fourth-order valence-electron chi connectivity index (χ4n) is 2.24. The number of ether oxygens (including phenoxy) is 1. The van der Waals surface area contributed by atoms with Gasteiger partial charge in [0.1, 0.15) is 0 Å². The van der Waals surface area contributed by atoms with E-state index in [0.29, 0.717) is 17.4 Å². The average molecular weight is 316 g/mol. The Morgan fingerprint density at radius 1 is 1.65 bits per heavy atom. The van der Waals surface area contributed by atoms with Gasteiger partial charge in [0.25, 0.3) is 0 Å². The van der Waals surface area contributed by atoms with Gasteiger partial charge >= 0.3 is 0 Å². The molecule has 1 unspecified atom stereocenters. The number of thiophene rings is 1. The van der Waals surface area contributed by atoms with Crippen molar-refractivity contribution in [2.24, 2.45) is 0 Å². The number of carbonyl (C=O) groups excluding carboxylic acids is 1. The van der Waals surface area contributed by atoms with Crippen LogP contribution in [0.15, 0.2) is 18.2 Å². The summed E-state index contributed by atoms with van der Waals surface area (Å²) in [6.45, 7) is 4.67. The number of hydrogen-bond donors (Lipinski definition) is 1. The van der Waals surface area contributed by atoms with Gasteiger partial charge in [-0.1, -0.05) is 11.6 Å². The highest BCUT2D eigenvalue weighted by Crippen LogP contribution is 2.23. The highest BCUT2D eigenvalue weighted by atomic mass is 35.5. The molecule has 1 saturated heterocycles. The first kappa shape index (κ1) is 15.5. The summed E-state index contributed by atoms with van der Waals surface area (Å²) in [6, 6.07) is 3.67. The molecule has 0 aliphatic carbocycles. The van der Waals surface area contributed by atoms with Gasteiger partial charge in [-0.25, -0.2) is 0 Å². The van der Waals surface area contributed by atoms with E-state index >= 15 is 0 Å². The Labute approximate surface area is 127 Å². The van der Waals surface area contributed by atoms with E-state index in [1.165, 1.54) is 17.4 Å².